The summed E-state index contributed by atoms with van der Waals surface area (Å²) in [5, 5.41) is 0. The molecule has 4 bridgehead atoms. The maximum atomic E-state index is 13.5. The molecule has 5 fully saturated rings. The molecule has 0 radical (unpaired) electrons. The number of ether oxygens (including phenoxy) is 1. The van der Waals surface area contributed by atoms with Gasteiger partial charge in [-0.15, -0.1) is 0 Å². The molecule has 4 saturated carbocycles. The second-order valence-corrected chi connectivity index (χ2v) is 11.2. The molecule has 178 valence electrons. The minimum atomic E-state index is -0.411. The second-order valence-electron chi connectivity index (χ2n) is 11.2. The number of carbonyl (C=O) groups excluding carboxylic acids is 2. The molecule has 34 heavy (non-hydrogen) atoms. The summed E-state index contributed by atoms with van der Waals surface area (Å²) >= 11 is 0. The van der Waals surface area contributed by atoms with E-state index in [1.54, 1.807) is 0 Å². The van der Waals surface area contributed by atoms with E-state index in [0.717, 1.165) is 32.4 Å². The molecule has 5 heteroatoms. The van der Waals surface area contributed by atoms with E-state index in [0.29, 0.717) is 24.9 Å². The van der Waals surface area contributed by atoms with Crippen LogP contribution in [0.4, 0.5) is 5.69 Å². The summed E-state index contributed by atoms with van der Waals surface area (Å²) < 4.78 is 5.79. The Morgan fingerprint density at radius 3 is 2.09 bits per heavy atom. The molecule has 0 spiro atoms. The summed E-state index contributed by atoms with van der Waals surface area (Å²) in [4.78, 5) is 30.5. The Morgan fingerprint density at radius 2 is 1.44 bits per heavy atom. The highest BCUT2D eigenvalue weighted by molar-refractivity contribution is 5.83. The van der Waals surface area contributed by atoms with E-state index in [1.807, 2.05) is 23.1 Å². The van der Waals surface area contributed by atoms with Gasteiger partial charge in [0.1, 0.15) is 0 Å². The standard InChI is InChI=1S/C29H34N2O3/c32-26(31-13-11-30(12-14-31)25-9-5-2-6-10-25)20-34-27(33)29-18-22-15-23(19-29)17-28(16-22,21-29)24-7-3-1-4-8-24/h1-10,22-23H,11-21H2/t22-,23+,28?,29?. The van der Waals surface area contributed by atoms with Crippen LogP contribution in [0.2, 0.25) is 0 Å². The summed E-state index contributed by atoms with van der Waals surface area (Å²) in [7, 11) is 0. The highest BCUT2D eigenvalue weighted by Gasteiger charge is 2.61. The van der Waals surface area contributed by atoms with Crippen LogP contribution in [0.25, 0.3) is 0 Å². The smallest absolute Gasteiger partial charge is 0.312 e. The Balaban J connectivity index is 1.08. The average Bonchev–Trinajstić information content (AvgIpc) is 2.87. The number of benzene rings is 2. The monoisotopic (exact) mass is 458 g/mol. The van der Waals surface area contributed by atoms with Gasteiger partial charge in [-0.3, -0.25) is 9.59 Å². The Kier molecular flexibility index (Phi) is 5.39. The van der Waals surface area contributed by atoms with Gasteiger partial charge in [-0.2, -0.15) is 0 Å². The molecule has 5 aliphatic rings. The molecule has 0 aromatic heterocycles. The number of hydrogen-bond donors (Lipinski definition) is 0. The highest BCUT2D eigenvalue weighted by atomic mass is 16.5. The van der Waals surface area contributed by atoms with Crippen molar-refractivity contribution in [3.63, 3.8) is 0 Å². The van der Waals surface area contributed by atoms with Gasteiger partial charge in [-0.1, -0.05) is 48.5 Å². The molecule has 7 rings (SSSR count). The third kappa shape index (κ3) is 3.79. The van der Waals surface area contributed by atoms with Crippen LogP contribution in [-0.4, -0.2) is 49.6 Å². The molecule has 2 aromatic carbocycles. The lowest BCUT2D eigenvalue weighted by Gasteiger charge is -2.61. The van der Waals surface area contributed by atoms with E-state index < -0.39 is 5.41 Å². The SMILES string of the molecule is O=C(COC(=O)C12C[C@H]3C[C@@H](C1)CC(c1ccccc1)(C3)C2)N1CCN(c2ccccc2)CC1. The van der Waals surface area contributed by atoms with Crippen LogP contribution in [0.5, 0.6) is 0 Å². The Morgan fingerprint density at radius 1 is 0.824 bits per heavy atom. The van der Waals surface area contributed by atoms with Crippen molar-refractivity contribution in [1.82, 2.24) is 4.90 Å². The van der Waals surface area contributed by atoms with Crippen molar-refractivity contribution in [2.24, 2.45) is 17.3 Å². The summed E-state index contributed by atoms with van der Waals surface area (Å²) in [6.45, 7) is 2.81. The fourth-order valence-corrected chi connectivity index (χ4v) is 7.86. The largest absolute Gasteiger partial charge is 0.455 e. The number of amides is 1. The van der Waals surface area contributed by atoms with Crippen LogP contribution >= 0.6 is 0 Å². The first kappa shape index (κ1) is 21.7. The number of esters is 1. The fraction of sp³-hybridized carbons (Fsp3) is 0.517. The van der Waals surface area contributed by atoms with Crippen LogP contribution in [0.15, 0.2) is 60.7 Å². The summed E-state index contributed by atoms with van der Waals surface area (Å²) in [5.74, 6) is 0.994. The average molecular weight is 459 g/mol. The Labute approximate surface area is 202 Å². The van der Waals surface area contributed by atoms with Crippen molar-refractivity contribution in [1.29, 1.82) is 0 Å². The highest BCUT2D eigenvalue weighted by Crippen LogP contribution is 2.66. The fourth-order valence-electron chi connectivity index (χ4n) is 7.86. The van der Waals surface area contributed by atoms with E-state index in [1.165, 1.54) is 30.5 Å². The number of carbonyl (C=O) groups is 2. The normalized spacial score (nSPS) is 32.0. The molecule has 2 unspecified atom stereocenters. The first-order valence-corrected chi connectivity index (χ1v) is 12.9. The lowest BCUT2D eigenvalue weighted by molar-refractivity contribution is -0.176. The number of rotatable bonds is 5. The van der Waals surface area contributed by atoms with Crippen LogP contribution in [0, 0.1) is 17.3 Å². The first-order chi connectivity index (χ1) is 16.6. The topological polar surface area (TPSA) is 49.9 Å². The van der Waals surface area contributed by atoms with Crippen molar-refractivity contribution in [2.45, 2.75) is 43.9 Å². The van der Waals surface area contributed by atoms with Crippen molar-refractivity contribution >= 4 is 17.6 Å². The van der Waals surface area contributed by atoms with Crippen LogP contribution in [0.1, 0.15) is 44.1 Å². The molecule has 1 aliphatic heterocycles. The third-order valence-electron chi connectivity index (χ3n) is 8.96. The van der Waals surface area contributed by atoms with Gasteiger partial charge in [0.15, 0.2) is 6.61 Å². The molecule has 1 amide bonds. The second kappa shape index (κ2) is 8.44. The molecule has 4 aliphatic carbocycles. The van der Waals surface area contributed by atoms with Gasteiger partial charge in [-0.25, -0.2) is 0 Å². The summed E-state index contributed by atoms with van der Waals surface area (Å²) in [6.07, 6.45) is 6.36. The Hall–Kier alpha value is -2.82. The summed E-state index contributed by atoms with van der Waals surface area (Å²) in [6, 6.07) is 21.1. The van der Waals surface area contributed by atoms with Gasteiger partial charge in [0.25, 0.3) is 5.91 Å². The molecule has 1 saturated heterocycles. The molecule has 0 N–H and O–H groups in total. The predicted molar refractivity (Wildman–Crippen MR) is 131 cm³/mol. The van der Waals surface area contributed by atoms with E-state index in [-0.39, 0.29) is 23.9 Å². The molecule has 4 atom stereocenters. The first-order valence-electron chi connectivity index (χ1n) is 12.9. The molecule has 2 aromatic rings. The summed E-state index contributed by atoms with van der Waals surface area (Å²) in [5.41, 5.74) is 2.26. The van der Waals surface area contributed by atoms with Crippen molar-refractivity contribution in [2.75, 3.05) is 37.7 Å². The van der Waals surface area contributed by atoms with Crippen molar-refractivity contribution < 1.29 is 14.3 Å². The maximum absolute atomic E-state index is 13.5. The van der Waals surface area contributed by atoms with Gasteiger partial charge >= 0.3 is 5.97 Å². The maximum Gasteiger partial charge on any atom is 0.312 e. The van der Waals surface area contributed by atoms with Gasteiger partial charge in [0, 0.05) is 31.9 Å². The van der Waals surface area contributed by atoms with Gasteiger partial charge in [-0.05, 0) is 73.5 Å². The van der Waals surface area contributed by atoms with E-state index >= 15 is 0 Å². The predicted octanol–water partition coefficient (Wildman–Crippen LogP) is 4.42. The number of para-hydroxylation sites is 1. The van der Waals surface area contributed by atoms with E-state index in [9.17, 15) is 9.59 Å². The molecular formula is C29H34N2O3. The van der Waals surface area contributed by atoms with Crippen LogP contribution < -0.4 is 4.90 Å². The third-order valence-corrected chi connectivity index (χ3v) is 8.96. The zero-order valence-corrected chi connectivity index (χ0v) is 19.8. The van der Waals surface area contributed by atoms with Gasteiger partial charge in [0.05, 0.1) is 5.41 Å². The zero-order chi connectivity index (χ0) is 23.2. The molecular weight excluding hydrogens is 424 g/mol. The van der Waals surface area contributed by atoms with Crippen molar-refractivity contribution in [3.05, 3.63) is 66.2 Å². The van der Waals surface area contributed by atoms with Gasteiger partial charge in [0.2, 0.25) is 0 Å². The van der Waals surface area contributed by atoms with E-state index in [2.05, 4.69) is 47.4 Å². The number of nitrogens with zero attached hydrogens (tertiary/aromatic N) is 2. The number of anilines is 1. The van der Waals surface area contributed by atoms with E-state index in [4.69, 9.17) is 4.74 Å². The number of piperazine rings is 1. The zero-order valence-electron chi connectivity index (χ0n) is 19.8. The molecule has 1 heterocycles. The van der Waals surface area contributed by atoms with Crippen molar-refractivity contribution in [3.8, 4) is 0 Å². The molecule has 5 nitrogen and oxygen atoms in total. The van der Waals surface area contributed by atoms with Gasteiger partial charge < -0.3 is 14.5 Å². The van der Waals surface area contributed by atoms with Crippen LogP contribution in [-0.2, 0) is 19.7 Å². The lowest BCUT2D eigenvalue weighted by atomic mass is 9.43. The minimum absolute atomic E-state index is 0.0661. The van der Waals surface area contributed by atoms with Crippen LogP contribution in [0.3, 0.4) is 0 Å². The minimum Gasteiger partial charge on any atom is -0.455 e. The Bertz CT molecular complexity index is 1030. The lowest BCUT2D eigenvalue weighted by Crippen LogP contribution is -2.57. The number of hydrogen-bond acceptors (Lipinski definition) is 4. The quantitative estimate of drug-likeness (QED) is 0.623.